The lowest BCUT2D eigenvalue weighted by Crippen LogP contribution is -2.30. The molecule has 74 valence electrons. The summed E-state index contributed by atoms with van der Waals surface area (Å²) in [7, 11) is 0. The van der Waals surface area contributed by atoms with Crippen molar-refractivity contribution >= 4 is 17.7 Å². The highest BCUT2D eigenvalue weighted by atomic mass is 32.2. The Balaban J connectivity index is 2.42. The maximum absolute atomic E-state index is 11.2. The van der Waals surface area contributed by atoms with Crippen molar-refractivity contribution in [2.24, 2.45) is 0 Å². The average molecular weight is 210 g/mol. The molecule has 0 radical (unpaired) electrons. The number of nitrogens with zero attached hydrogens (tertiary/aromatic N) is 2. The highest BCUT2D eigenvalue weighted by Gasteiger charge is 2.45. The van der Waals surface area contributed by atoms with Gasteiger partial charge in [-0.05, 0) is 24.7 Å². The van der Waals surface area contributed by atoms with Crippen molar-refractivity contribution in [1.29, 1.82) is 0 Å². The summed E-state index contributed by atoms with van der Waals surface area (Å²) in [5.74, 6) is 0.0924. The lowest BCUT2D eigenvalue weighted by atomic mass is 9.99. The van der Waals surface area contributed by atoms with Gasteiger partial charge in [0.15, 0.2) is 4.75 Å². The largest absolute Gasteiger partial charge is 0.480 e. The number of hydrogen-bond acceptors (Lipinski definition) is 4. The zero-order chi connectivity index (χ0) is 10.0. The Kier molecular flexibility index (Phi) is 2.41. The maximum atomic E-state index is 11.2. The predicted octanol–water partition coefficient (Wildman–Crippen LogP) is 1.28. The first-order valence-corrected chi connectivity index (χ1v) is 5.38. The van der Waals surface area contributed by atoms with Gasteiger partial charge in [-0.2, -0.15) is 0 Å². The highest BCUT2D eigenvalue weighted by Crippen LogP contribution is 2.45. The van der Waals surface area contributed by atoms with Gasteiger partial charge in [0.05, 0.1) is 5.69 Å². The number of thioether (sulfide) groups is 1. The Morgan fingerprint density at radius 2 is 2.50 bits per heavy atom. The zero-order valence-corrected chi connectivity index (χ0v) is 8.33. The molecule has 1 aromatic rings. The average Bonchev–Trinajstić information content (AvgIpc) is 2.69. The second-order valence-corrected chi connectivity index (χ2v) is 4.57. The monoisotopic (exact) mass is 210 g/mol. The lowest BCUT2D eigenvalue weighted by Gasteiger charge is -2.21. The summed E-state index contributed by atoms with van der Waals surface area (Å²) in [6.45, 7) is 0. The first kappa shape index (κ1) is 9.45. The molecule has 0 saturated carbocycles. The molecule has 1 atom stereocenters. The smallest absolute Gasteiger partial charge is 0.325 e. The van der Waals surface area contributed by atoms with Crippen LogP contribution in [0.25, 0.3) is 0 Å². The minimum atomic E-state index is -0.830. The molecule has 1 aliphatic rings. The van der Waals surface area contributed by atoms with E-state index in [1.54, 1.807) is 12.3 Å². The zero-order valence-electron chi connectivity index (χ0n) is 7.51. The van der Waals surface area contributed by atoms with Crippen LogP contribution in [0.4, 0.5) is 0 Å². The quantitative estimate of drug-likeness (QED) is 0.796. The van der Waals surface area contributed by atoms with Gasteiger partial charge in [-0.3, -0.25) is 4.79 Å². The molecule has 1 N–H and O–H groups in total. The predicted molar refractivity (Wildman–Crippen MR) is 53.0 cm³/mol. The first-order valence-electron chi connectivity index (χ1n) is 4.39. The molecule has 0 amide bonds. The summed E-state index contributed by atoms with van der Waals surface area (Å²) in [5.41, 5.74) is 0.613. The molecule has 4 nitrogen and oxygen atoms in total. The summed E-state index contributed by atoms with van der Waals surface area (Å²) in [6, 6.07) is 1.69. The molecule has 1 unspecified atom stereocenters. The fourth-order valence-electron chi connectivity index (χ4n) is 1.65. The van der Waals surface area contributed by atoms with E-state index >= 15 is 0 Å². The van der Waals surface area contributed by atoms with E-state index < -0.39 is 10.7 Å². The summed E-state index contributed by atoms with van der Waals surface area (Å²) >= 11 is 1.46. The molecule has 0 bridgehead atoms. The molecule has 5 heteroatoms. The van der Waals surface area contributed by atoms with Gasteiger partial charge in [0.25, 0.3) is 0 Å². The van der Waals surface area contributed by atoms with Crippen LogP contribution in [0.2, 0.25) is 0 Å². The Hall–Kier alpha value is -1.10. The van der Waals surface area contributed by atoms with Crippen LogP contribution in [-0.2, 0) is 9.54 Å². The molecule has 0 spiro atoms. The standard InChI is InChI=1S/C9H10N2O2S/c12-8(13)9(3-1-5-14-9)7-2-4-10-6-11-7/h2,4,6H,1,3,5H2,(H,12,13). The molecule has 2 heterocycles. The number of hydrogen-bond donors (Lipinski definition) is 1. The molecule has 1 fully saturated rings. The fourth-order valence-corrected chi connectivity index (χ4v) is 2.97. The molecule has 14 heavy (non-hydrogen) atoms. The summed E-state index contributed by atoms with van der Waals surface area (Å²) in [5, 5.41) is 9.24. The molecule has 0 aromatic carbocycles. The van der Waals surface area contributed by atoms with Crippen LogP contribution in [0.15, 0.2) is 18.6 Å². The van der Waals surface area contributed by atoms with Gasteiger partial charge in [0.1, 0.15) is 6.33 Å². The van der Waals surface area contributed by atoms with Crippen LogP contribution in [0.1, 0.15) is 18.5 Å². The van der Waals surface area contributed by atoms with Gasteiger partial charge >= 0.3 is 5.97 Å². The summed E-state index contributed by atoms with van der Waals surface area (Å²) < 4.78 is -0.830. The maximum Gasteiger partial charge on any atom is 0.325 e. The third kappa shape index (κ3) is 1.37. The van der Waals surface area contributed by atoms with Crippen LogP contribution in [0.5, 0.6) is 0 Å². The van der Waals surface area contributed by atoms with Crippen LogP contribution >= 0.6 is 11.8 Å². The van der Waals surface area contributed by atoms with E-state index in [0.29, 0.717) is 12.1 Å². The summed E-state index contributed by atoms with van der Waals surface area (Å²) in [4.78, 5) is 19.1. The van der Waals surface area contributed by atoms with Crippen molar-refractivity contribution in [3.8, 4) is 0 Å². The number of carbonyl (C=O) groups is 1. The molecule has 1 saturated heterocycles. The lowest BCUT2D eigenvalue weighted by molar-refractivity contribution is -0.140. The number of rotatable bonds is 2. The van der Waals surface area contributed by atoms with E-state index in [2.05, 4.69) is 9.97 Å². The normalized spacial score (nSPS) is 26.3. The van der Waals surface area contributed by atoms with Gasteiger partial charge in [0.2, 0.25) is 0 Å². The number of aliphatic carboxylic acids is 1. The van der Waals surface area contributed by atoms with Crippen molar-refractivity contribution in [3.05, 3.63) is 24.3 Å². The van der Waals surface area contributed by atoms with Gasteiger partial charge in [-0.25, -0.2) is 9.97 Å². The first-order chi connectivity index (χ1) is 6.76. The van der Waals surface area contributed by atoms with Gasteiger partial charge in [-0.1, -0.05) is 0 Å². The molecule has 1 aromatic heterocycles. The van der Waals surface area contributed by atoms with E-state index in [-0.39, 0.29) is 0 Å². The van der Waals surface area contributed by atoms with Gasteiger partial charge in [0, 0.05) is 6.20 Å². The fraction of sp³-hybridized carbons (Fsp3) is 0.444. The third-order valence-corrected chi connectivity index (χ3v) is 3.94. The van der Waals surface area contributed by atoms with Crippen molar-refractivity contribution < 1.29 is 9.90 Å². The number of carboxylic acids is 1. The van der Waals surface area contributed by atoms with E-state index in [4.69, 9.17) is 0 Å². The van der Waals surface area contributed by atoms with Crippen molar-refractivity contribution in [1.82, 2.24) is 9.97 Å². The molecular weight excluding hydrogens is 200 g/mol. The Bertz CT molecular complexity index is 336. The Morgan fingerprint density at radius 3 is 3.00 bits per heavy atom. The number of aromatic nitrogens is 2. The molecule has 2 rings (SSSR count). The highest BCUT2D eigenvalue weighted by molar-refractivity contribution is 8.01. The van der Waals surface area contributed by atoms with E-state index in [9.17, 15) is 9.90 Å². The van der Waals surface area contributed by atoms with Gasteiger partial charge < -0.3 is 5.11 Å². The second-order valence-electron chi connectivity index (χ2n) is 3.18. The minimum Gasteiger partial charge on any atom is -0.480 e. The van der Waals surface area contributed by atoms with Crippen LogP contribution in [0.3, 0.4) is 0 Å². The Labute approximate surface area is 85.8 Å². The van der Waals surface area contributed by atoms with Crippen LogP contribution in [0, 0.1) is 0 Å². The van der Waals surface area contributed by atoms with Crippen LogP contribution in [-0.4, -0.2) is 26.8 Å². The van der Waals surface area contributed by atoms with Gasteiger partial charge in [-0.15, -0.1) is 11.8 Å². The van der Waals surface area contributed by atoms with Crippen LogP contribution < -0.4 is 0 Å². The van der Waals surface area contributed by atoms with E-state index in [1.165, 1.54) is 18.1 Å². The van der Waals surface area contributed by atoms with Crippen molar-refractivity contribution in [2.45, 2.75) is 17.6 Å². The molecule has 0 aliphatic carbocycles. The molecular formula is C9H10N2O2S. The minimum absolute atomic E-state index is 0.613. The van der Waals surface area contributed by atoms with Crippen molar-refractivity contribution in [3.63, 3.8) is 0 Å². The van der Waals surface area contributed by atoms with E-state index in [1.807, 2.05) is 0 Å². The second kappa shape index (κ2) is 3.57. The Morgan fingerprint density at radius 1 is 1.64 bits per heavy atom. The van der Waals surface area contributed by atoms with Crippen molar-refractivity contribution in [2.75, 3.05) is 5.75 Å². The molecule has 1 aliphatic heterocycles. The van der Waals surface area contributed by atoms with E-state index in [0.717, 1.165) is 12.2 Å². The topological polar surface area (TPSA) is 63.1 Å². The SMILES string of the molecule is O=C(O)C1(c2ccncn2)CCCS1. The third-order valence-electron chi connectivity index (χ3n) is 2.36. The summed E-state index contributed by atoms with van der Waals surface area (Å²) in [6.07, 6.45) is 4.58. The number of carboxylic acid groups (broad SMARTS) is 1.